The Bertz CT molecular complexity index is 432. The molecule has 0 aromatic heterocycles. The Morgan fingerprint density at radius 1 is 1.47 bits per heavy atom. The highest BCUT2D eigenvalue weighted by Gasteiger charge is 1.99. The number of halogens is 2. The first-order valence-corrected chi connectivity index (χ1v) is 6.27. The fraction of sp³-hybridized carbons (Fsp3) is 0.154. The van der Waals surface area contributed by atoms with Gasteiger partial charge >= 0.3 is 5.97 Å². The van der Waals surface area contributed by atoms with Gasteiger partial charge in [0, 0.05) is 21.1 Å². The van der Waals surface area contributed by atoms with E-state index in [-0.39, 0.29) is 5.97 Å². The minimum Gasteiger partial charge on any atom is -0.463 e. The molecule has 0 heterocycles. The summed E-state index contributed by atoms with van der Waals surface area (Å²) in [5, 5.41) is 0.653. The largest absolute Gasteiger partial charge is 0.463 e. The molecule has 0 aliphatic rings. The van der Waals surface area contributed by atoms with Gasteiger partial charge in [0.1, 0.15) is 0 Å². The highest BCUT2D eigenvalue weighted by atomic mass is 79.9. The molecule has 0 atom stereocenters. The Hall–Kier alpha value is -1.06. The smallest absolute Gasteiger partial charge is 0.330 e. The van der Waals surface area contributed by atoms with Crippen molar-refractivity contribution >= 4 is 39.6 Å². The number of rotatable bonds is 4. The van der Waals surface area contributed by atoms with Crippen LogP contribution in [-0.4, -0.2) is 12.6 Å². The molecule has 0 saturated carbocycles. The maximum Gasteiger partial charge on any atom is 0.330 e. The van der Waals surface area contributed by atoms with Crippen LogP contribution in [0, 0.1) is 0 Å². The van der Waals surface area contributed by atoms with Gasteiger partial charge in [-0.3, -0.25) is 0 Å². The molecule has 0 amide bonds. The maximum atomic E-state index is 11.0. The quantitative estimate of drug-likeness (QED) is 0.472. The van der Waals surface area contributed by atoms with Crippen molar-refractivity contribution in [3.63, 3.8) is 0 Å². The molecular weight excluding hydrogens is 303 g/mol. The van der Waals surface area contributed by atoms with E-state index in [1.807, 2.05) is 18.2 Å². The van der Waals surface area contributed by atoms with Crippen molar-refractivity contribution in [2.75, 3.05) is 6.61 Å². The number of esters is 1. The third-order valence-corrected chi connectivity index (χ3v) is 2.91. The van der Waals surface area contributed by atoms with Crippen molar-refractivity contribution in [2.24, 2.45) is 0 Å². The predicted molar refractivity (Wildman–Crippen MR) is 74.0 cm³/mol. The number of allylic oxidation sites excluding steroid dienone is 2. The zero-order chi connectivity index (χ0) is 12.7. The number of carbonyl (C=O) groups excluding carboxylic acids is 1. The summed E-state index contributed by atoms with van der Waals surface area (Å²) in [5.74, 6) is -0.352. The summed E-state index contributed by atoms with van der Waals surface area (Å²) in [7, 11) is 0. The SMILES string of the molecule is CCOC(=O)/C=C/C=C/c1c(Cl)cccc1Br. The van der Waals surface area contributed by atoms with Crippen LogP contribution in [0.15, 0.2) is 40.9 Å². The lowest BCUT2D eigenvalue weighted by Gasteiger charge is -1.99. The molecule has 0 fully saturated rings. The lowest BCUT2D eigenvalue weighted by molar-refractivity contribution is -0.137. The Morgan fingerprint density at radius 2 is 2.24 bits per heavy atom. The Morgan fingerprint density at radius 3 is 2.88 bits per heavy atom. The highest BCUT2D eigenvalue weighted by Crippen LogP contribution is 2.25. The van der Waals surface area contributed by atoms with Crippen LogP contribution in [0.5, 0.6) is 0 Å². The zero-order valence-electron chi connectivity index (χ0n) is 9.32. The van der Waals surface area contributed by atoms with Crippen LogP contribution in [0.3, 0.4) is 0 Å². The molecular formula is C13H12BrClO2. The van der Waals surface area contributed by atoms with Crippen LogP contribution in [0.2, 0.25) is 5.02 Å². The first-order valence-electron chi connectivity index (χ1n) is 5.10. The van der Waals surface area contributed by atoms with E-state index in [1.54, 1.807) is 25.1 Å². The number of ether oxygens (including phenoxy) is 1. The average molecular weight is 316 g/mol. The summed E-state index contributed by atoms with van der Waals surface area (Å²) in [6, 6.07) is 5.57. The monoisotopic (exact) mass is 314 g/mol. The van der Waals surface area contributed by atoms with Crippen LogP contribution >= 0.6 is 27.5 Å². The van der Waals surface area contributed by atoms with Gasteiger partial charge in [0.2, 0.25) is 0 Å². The highest BCUT2D eigenvalue weighted by molar-refractivity contribution is 9.10. The number of hydrogen-bond donors (Lipinski definition) is 0. The second-order valence-electron chi connectivity index (χ2n) is 3.11. The molecule has 2 nitrogen and oxygen atoms in total. The normalized spacial score (nSPS) is 11.2. The Labute approximate surface area is 114 Å². The molecule has 0 aliphatic carbocycles. The summed E-state index contributed by atoms with van der Waals surface area (Å²) < 4.78 is 5.65. The minimum atomic E-state index is -0.352. The number of hydrogen-bond acceptors (Lipinski definition) is 2. The van der Waals surface area contributed by atoms with Gasteiger partial charge in [-0.2, -0.15) is 0 Å². The van der Waals surface area contributed by atoms with Crippen molar-refractivity contribution in [3.8, 4) is 0 Å². The Balaban J connectivity index is 2.69. The van der Waals surface area contributed by atoms with Crippen molar-refractivity contribution < 1.29 is 9.53 Å². The molecule has 0 bridgehead atoms. The molecule has 90 valence electrons. The first-order chi connectivity index (χ1) is 8.15. The minimum absolute atomic E-state index is 0.352. The average Bonchev–Trinajstić information content (AvgIpc) is 2.28. The molecule has 0 aliphatic heterocycles. The summed E-state index contributed by atoms with van der Waals surface area (Å²) in [5.41, 5.74) is 0.877. The van der Waals surface area contributed by atoms with Gasteiger partial charge < -0.3 is 4.74 Å². The van der Waals surface area contributed by atoms with Gasteiger partial charge in [0.05, 0.1) is 6.61 Å². The second kappa shape index (κ2) is 7.30. The topological polar surface area (TPSA) is 26.3 Å². The number of carbonyl (C=O) groups is 1. The van der Waals surface area contributed by atoms with Crippen molar-refractivity contribution in [3.05, 3.63) is 51.5 Å². The van der Waals surface area contributed by atoms with E-state index in [9.17, 15) is 4.79 Å². The number of benzene rings is 1. The molecule has 0 N–H and O–H groups in total. The van der Waals surface area contributed by atoms with Gasteiger partial charge in [-0.25, -0.2) is 4.79 Å². The molecule has 4 heteroatoms. The van der Waals surface area contributed by atoms with Crippen molar-refractivity contribution in [1.82, 2.24) is 0 Å². The fourth-order valence-electron chi connectivity index (χ4n) is 1.15. The molecule has 0 spiro atoms. The van der Waals surface area contributed by atoms with Crippen molar-refractivity contribution in [2.45, 2.75) is 6.92 Å². The standard InChI is InChI=1S/C13H12BrClO2/c1-2-17-13(16)9-4-3-6-10-11(14)7-5-8-12(10)15/h3-9H,2H2,1H3/b6-3+,9-4+. The van der Waals surface area contributed by atoms with E-state index in [2.05, 4.69) is 15.9 Å². The predicted octanol–water partition coefficient (Wildman–Crippen LogP) is 4.24. The van der Waals surface area contributed by atoms with E-state index in [0.29, 0.717) is 11.6 Å². The van der Waals surface area contributed by atoms with Crippen LogP contribution < -0.4 is 0 Å². The van der Waals surface area contributed by atoms with E-state index in [4.69, 9.17) is 16.3 Å². The van der Waals surface area contributed by atoms with Crippen LogP contribution in [0.25, 0.3) is 6.08 Å². The zero-order valence-corrected chi connectivity index (χ0v) is 11.7. The van der Waals surface area contributed by atoms with E-state index >= 15 is 0 Å². The molecule has 0 radical (unpaired) electrons. The van der Waals surface area contributed by atoms with E-state index in [0.717, 1.165) is 10.0 Å². The summed E-state index contributed by atoms with van der Waals surface area (Å²) in [4.78, 5) is 11.0. The van der Waals surface area contributed by atoms with Gasteiger partial charge in [0.25, 0.3) is 0 Å². The molecule has 0 saturated heterocycles. The van der Waals surface area contributed by atoms with Gasteiger partial charge in [-0.05, 0) is 19.1 Å². The van der Waals surface area contributed by atoms with Gasteiger partial charge in [-0.15, -0.1) is 0 Å². The summed E-state index contributed by atoms with van der Waals surface area (Å²) in [6.45, 7) is 2.14. The van der Waals surface area contributed by atoms with E-state index < -0.39 is 0 Å². The maximum absolute atomic E-state index is 11.0. The molecule has 17 heavy (non-hydrogen) atoms. The van der Waals surface area contributed by atoms with Gasteiger partial charge in [0.15, 0.2) is 0 Å². The third-order valence-electron chi connectivity index (χ3n) is 1.89. The summed E-state index contributed by atoms with van der Waals surface area (Å²) >= 11 is 9.43. The molecule has 0 unspecified atom stereocenters. The first kappa shape index (κ1) is 14.0. The lowest BCUT2D eigenvalue weighted by atomic mass is 10.2. The van der Waals surface area contributed by atoms with Crippen LogP contribution in [0.1, 0.15) is 12.5 Å². The molecule has 1 rings (SSSR count). The molecule has 1 aromatic rings. The third kappa shape index (κ3) is 4.75. The van der Waals surface area contributed by atoms with Crippen molar-refractivity contribution in [1.29, 1.82) is 0 Å². The fourth-order valence-corrected chi connectivity index (χ4v) is 2.00. The van der Waals surface area contributed by atoms with Crippen LogP contribution in [0.4, 0.5) is 0 Å². The molecule has 1 aromatic carbocycles. The van der Waals surface area contributed by atoms with Gasteiger partial charge in [-0.1, -0.05) is 51.8 Å². The Kier molecular flexibility index (Phi) is 6.01. The lowest BCUT2D eigenvalue weighted by Crippen LogP contribution is -1.98. The van der Waals surface area contributed by atoms with E-state index in [1.165, 1.54) is 6.08 Å². The van der Waals surface area contributed by atoms with Crippen LogP contribution in [-0.2, 0) is 9.53 Å². The summed E-state index contributed by atoms with van der Waals surface area (Å²) in [6.07, 6.45) is 6.55. The second-order valence-corrected chi connectivity index (χ2v) is 4.37.